The molecule has 1 aromatic carbocycles. The molecule has 0 aromatic heterocycles. The number of hydrogen-bond acceptors (Lipinski definition) is 5. The fourth-order valence-electron chi connectivity index (χ4n) is 1.09. The van der Waals surface area contributed by atoms with E-state index >= 15 is 0 Å². The maximum absolute atomic E-state index is 11.4. The summed E-state index contributed by atoms with van der Waals surface area (Å²) in [7, 11) is 0. The van der Waals surface area contributed by atoms with Gasteiger partial charge in [0.1, 0.15) is 0 Å². The first-order valence-corrected chi connectivity index (χ1v) is 5.81. The van der Waals surface area contributed by atoms with E-state index in [1.54, 1.807) is 0 Å². The van der Waals surface area contributed by atoms with Crippen molar-refractivity contribution in [3.63, 3.8) is 0 Å². The van der Waals surface area contributed by atoms with Crippen LogP contribution >= 0.6 is 11.6 Å². The summed E-state index contributed by atoms with van der Waals surface area (Å²) in [5.41, 5.74) is 0. The first-order valence-electron chi connectivity index (χ1n) is 5.43. The van der Waals surface area contributed by atoms with Crippen LogP contribution in [-0.2, 0) is 4.74 Å². The second-order valence-electron chi connectivity index (χ2n) is 4.02. The molecule has 0 aliphatic rings. The van der Waals surface area contributed by atoms with Crippen LogP contribution < -0.4 is 9.47 Å². The Labute approximate surface area is 114 Å². The minimum atomic E-state index is -1.54. The van der Waals surface area contributed by atoms with Gasteiger partial charge >= 0.3 is 12.3 Å². The summed E-state index contributed by atoms with van der Waals surface area (Å²) in [6.45, 7) is 3.94. The second kappa shape index (κ2) is 6.84. The Morgan fingerprint density at radius 3 is 2.53 bits per heavy atom. The molecule has 104 valence electrons. The summed E-state index contributed by atoms with van der Waals surface area (Å²) >= 11 is 5.69. The van der Waals surface area contributed by atoms with E-state index < -0.39 is 12.3 Å². The molecule has 0 saturated carbocycles. The van der Waals surface area contributed by atoms with E-state index in [1.807, 2.05) is 13.8 Å². The lowest BCUT2D eigenvalue weighted by Gasteiger charge is -2.10. The zero-order valence-corrected chi connectivity index (χ0v) is 11.1. The van der Waals surface area contributed by atoms with Gasteiger partial charge in [-0.2, -0.15) is 0 Å². The molecule has 6 nitrogen and oxygen atoms in total. The van der Waals surface area contributed by atoms with E-state index in [-0.39, 0.29) is 29.0 Å². The Hall–Kier alpha value is -1.95. The molecule has 19 heavy (non-hydrogen) atoms. The molecule has 0 amide bonds. The number of hydrogen-bond donors (Lipinski definition) is 1. The zero-order chi connectivity index (χ0) is 14.4. The van der Waals surface area contributed by atoms with Crippen LogP contribution in [0.1, 0.15) is 13.8 Å². The lowest BCUT2D eigenvalue weighted by Crippen LogP contribution is -2.15. The Morgan fingerprint density at radius 1 is 1.26 bits per heavy atom. The van der Waals surface area contributed by atoms with Gasteiger partial charge in [-0.15, -0.1) is 0 Å². The maximum atomic E-state index is 11.4. The largest absolute Gasteiger partial charge is 0.513 e. The third-order valence-electron chi connectivity index (χ3n) is 1.83. The zero-order valence-electron chi connectivity index (χ0n) is 10.4. The monoisotopic (exact) mass is 288 g/mol. The molecule has 0 bridgehead atoms. The van der Waals surface area contributed by atoms with Gasteiger partial charge in [0, 0.05) is 11.1 Å². The van der Waals surface area contributed by atoms with E-state index in [9.17, 15) is 9.59 Å². The van der Waals surface area contributed by atoms with E-state index in [1.165, 1.54) is 18.2 Å². The molecule has 0 aliphatic carbocycles. The summed E-state index contributed by atoms with van der Waals surface area (Å²) in [6.07, 6.45) is -2.48. The summed E-state index contributed by atoms with van der Waals surface area (Å²) in [5.74, 6) is -0.102. The number of carbonyl (C=O) groups is 2. The van der Waals surface area contributed by atoms with Gasteiger partial charge in [-0.1, -0.05) is 25.4 Å². The molecule has 0 aliphatic heterocycles. The van der Waals surface area contributed by atoms with Crippen molar-refractivity contribution >= 4 is 23.9 Å². The molecule has 1 aromatic rings. The average Bonchev–Trinajstić information content (AvgIpc) is 2.29. The second-order valence-corrected chi connectivity index (χ2v) is 4.45. The number of ether oxygens (including phenoxy) is 3. The average molecular weight is 289 g/mol. The van der Waals surface area contributed by atoms with Crippen LogP contribution in [0.25, 0.3) is 0 Å². The van der Waals surface area contributed by atoms with Crippen molar-refractivity contribution < 1.29 is 28.9 Å². The van der Waals surface area contributed by atoms with Crippen molar-refractivity contribution in [1.82, 2.24) is 0 Å². The third-order valence-corrected chi connectivity index (χ3v) is 2.07. The molecule has 0 fully saturated rings. The van der Waals surface area contributed by atoms with Crippen LogP contribution in [0.4, 0.5) is 9.59 Å². The maximum Gasteiger partial charge on any atom is 0.513 e. The van der Waals surface area contributed by atoms with Gasteiger partial charge in [0.05, 0.1) is 6.61 Å². The van der Waals surface area contributed by atoms with Crippen molar-refractivity contribution in [2.45, 2.75) is 13.8 Å². The Morgan fingerprint density at radius 2 is 1.95 bits per heavy atom. The highest BCUT2D eigenvalue weighted by atomic mass is 35.5. The summed E-state index contributed by atoms with van der Waals surface area (Å²) < 4.78 is 14.1. The van der Waals surface area contributed by atoms with Crippen LogP contribution in [0, 0.1) is 5.92 Å². The normalized spacial score (nSPS) is 10.1. The summed E-state index contributed by atoms with van der Waals surface area (Å²) in [4.78, 5) is 21.9. The van der Waals surface area contributed by atoms with Crippen LogP contribution in [0.15, 0.2) is 18.2 Å². The van der Waals surface area contributed by atoms with Crippen molar-refractivity contribution in [2.24, 2.45) is 5.92 Å². The molecule has 0 atom stereocenters. The van der Waals surface area contributed by atoms with Gasteiger partial charge in [0.25, 0.3) is 0 Å². The van der Waals surface area contributed by atoms with Gasteiger partial charge in [0.15, 0.2) is 11.5 Å². The highest BCUT2D eigenvalue weighted by molar-refractivity contribution is 6.30. The van der Waals surface area contributed by atoms with Crippen LogP contribution in [-0.4, -0.2) is 24.0 Å². The van der Waals surface area contributed by atoms with Crippen molar-refractivity contribution in [3.05, 3.63) is 23.2 Å². The third kappa shape index (κ3) is 5.48. The minimum absolute atomic E-state index is 0.0828. The fourth-order valence-corrected chi connectivity index (χ4v) is 1.26. The highest BCUT2D eigenvalue weighted by Crippen LogP contribution is 2.30. The molecule has 1 rings (SSSR count). The van der Waals surface area contributed by atoms with Gasteiger partial charge in [-0.05, 0) is 18.1 Å². The predicted molar refractivity (Wildman–Crippen MR) is 66.9 cm³/mol. The molecule has 0 unspecified atom stereocenters. The summed E-state index contributed by atoms with van der Waals surface area (Å²) in [5, 5.41) is 8.80. The Kier molecular flexibility index (Phi) is 5.44. The standard InChI is InChI=1S/C12H13ClO6/c1-7(2)6-17-12(16)19-9-4-3-8(13)5-10(9)18-11(14)15/h3-5,7H,6H2,1-2H3,(H,14,15). The van der Waals surface area contributed by atoms with Crippen molar-refractivity contribution in [2.75, 3.05) is 6.61 Å². The van der Waals surface area contributed by atoms with Crippen molar-refractivity contribution in [3.8, 4) is 11.5 Å². The quantitative estimate of drug-likeness (QED) is 0.673. The van der Waals surface area contributed by atoms with Gasteiger partial charge < -0.3 is 19.3 Å². The minimum Gasteiger partial charge on any atom is -0.449 e. The first kappa shape index (κ1) is 15.1. The Bertz CT molecular complexity index is 471. The van der Waals surface area contributed by atoms with Crippen LogP contribution in [0.3, 0.4) is 0 Å². The molecule has 0 heterocycles. The van der Waals surface area contributed by atoms with E-state index in [4.69, 9.17) is 26.2 Å². The SMILES string of the molecule is CC(C)COC(=O)Oc1ccc(Cl)cc1OC(=O)O. The van der Waals surface area contributed by atoms with Gasteiger partial charge in [0.2, 0.25) is 0 Å². The van der Waals surface area contributed by atoms with E-state index in [0.717, 1.165) is 0 Å². The van der Waals surface area contributed by atoms with Crippen molar-refractivity contribution in [1.29, 1.82) is 0 Å². The number of benzene rings is 1. The molecule has 1 N–H and O–H groups in total. The summed E-state index contributed by atoms with van der Waals surface area (Å²) in [6, 6.07) is 3.97. The van der Waals surface area contributed by atoms with Gasteiger partial charge in [-0.25, -0.2) is 9.59 Å². The lowest BCUT2D eigenvalue weighted by molar-refractivity contribution is 0.0865. The highest BCUT2D eigenvalue weighted by Gasteiger charge is 2.15. The number of carboxylic acid groups (broad SMARTS) is 1. The van der Waals surface area contributed by atoms with Crippen LogP contribution in [0.5, 0.6) is 11.5 Å². The Balaban J connectivity index is 2.76. The topological polar surface area (TPSA) is 82.1 Å². The fraction of sp³-hybridized carbons (Fsp3) is 0.333. The number of rotatable bonds is 4. The predicted octanol–water partition coefficient (Wildman–Crippen LogP) is 3.57. The molecule has 0 saturated heterocycles. The molecule has 0 radical (unpaired) electrons. The number of halogens is 1. The van der Waals surface area contributed by atoms with Crippen LogP contribution in [0.2, 0.25) is 5.02 Å². The lowest BCUT2D eigenvalue weighted by atomic mass is 10.2. The smallest absolute Gasteiger partial charge is 0.449 e. The first-order chi connectivity index (χ1) is 8.88. The van der Waals surface area contributed by atoms with E-state index in [0.29, 0.717) is 0 Å². The molecule has 0 spiro atoms. The van der Waals surface area contributed by atoms with Gasteiger partial charge in [-0.3, -0.25) is 0 Å². The van der Waals surface area contributed by atoms with E-state index in [2.05, 4.69) is 4.74 Å². The molecular formula is C12H13ClO6. The number of carbonyl (C=O) groups excluding carboxylic acids is 1. The molecule has 7 heteroatoms. The molecular weight excluding hydrogens is 276 g/mol.